The lowest BCUT2D eigenvalue weighted by molar-refractivity contribution is 0.0553. The van der Waals surface area contributed by atoms with Gasteiger partial charge in [-0.2, -0.15) is 0 Å². The smallest absolute Gasteiger partial charge is 0.123 e. The molecular weight excluding hydrogens is 208 g/mol. The molecule has 3 nitrogen and oxygen atoms in total. The van der Waals surface area contributed by atoms with E-state index in [1.54, 1.807) is 0 Å². The van der Waals surface area contributed by atoms with Crippen molar-refractivity contribution >= 4 is 22.9 Å². The Morgan fingerprint density at radius 3 is 2.77 bits per heavy atom. The van der Waals surface area contributed by atoms with Gasteiger partial charge in [-0.25, -0.2) is 4.98 Å². The molecule has 5 heteroatoms. The molecule has 0 saturated heterocycles. The first-order valence-electron chi connectivity index (χ1n) is 3.97. The van der Waals surface area contributed by atoms with Crippen LogP contribution in [0.1, 0.15) is 25.0 Å². The number of aliphatic hydroxyl groups excluding tert-OH is 1. The summed E-state index contributed by atoms with van der Waals surface area (Å²) in [5, 5.41) is 10.5. The van der Waals surface area contributed by atoms with E-state index in [0.29, 0.717) is 15.9 Å². The Balaban J connectivity index is 2.84. The number of nitrogens with zero attached hydrogens (tertiary/aromatic N) is 1. The molecule has 0 bridgehead atoms. The molecule has 0 aromatic carbocycles. The van der Waals surface area contributed by atoms with Crippen LogP contribution in [0.4, 0.5) is 0 Å². The first-order valence-corrected chi connectivity index (χ1v) is 5.16. The normalized spacial score (nSPS) is 14.5. The van der Waals surface area contributed by atoms with Crippen LogP contribution in [-0.2, 0) is 0 Å². The van der Waals surface area contributed by atoms with Crippen molar-refractivity contribution in [2.75, 3.05) is 6.54 Å². The molecule has 1 aromatic heterocycles. The SMILES string of the molecule is CC(C)(CN)C(O)c1ncc(Cl)s1. The van der Waals surface area contributed by atoms with Gasteiger partial charge < -0.3 is 10.8 Å². The van der Waals surface area contributed by atoms with Gasteiger partial charge >= 0.3 is 0 Å². The highest BCUT2D eigenvalue weighted by atomic mass is 35.5. The van der Waals surface area contributed by atoms with Crippen LogP contribution in [-0.4, -0.2) is 16.6 Å². The lowest BCUT2D eigenvalue weighted by Crippen LogP contribution is -2.30. The van der Waals surface area contributed by atoms with E-state index in [0.717, 1.165) is 0 Å². The molecule has 1 unspecified atom stereocenters. The quantitative estimate of drug-likeness (QED) is 0.817. The van der Waals surface area contributed by atoms with Crippen molar-refractivity contribution < 1.29 is 5.11 Å². The highest BCUT2D eigenvalue weighted by molar-refractivity contribution is 7.15. The fourth-order valence-corrected chi connectivity index (χ4v) is 1.97. The standard InChI is InChI=1S/C8H13ClN2OS/c1-8(2,4-10)6(12)7-11-3-5(9)13-7/h3,6,12H,4,10H2,1-2H3. The van der Waals surface area contributed by atoms with Crippen molar-refractivity contribution in [2.24, 2.45) is 11.1 Å². The molecular formula is C8H13ClN2OS. The molecule has 0 radical (unpaired) electrons. The molecule has 1 aromatic rings. The lowest BCUT2D eigenvalue weighted by Gasteiger charge is -2.27. The molecule has 0 fully saturated rings. The Morgan fingerprint density at radius 1 is 1.77 bits per heavy atom. The number of hydrogen-bond donors (Lipinski definition) is 2. The van der Waals surface area contributed by atoms with Crippen molar-refractivity contribution in [2.45, 2.75) is 20.0 Å². The van der Waals surface area contributed by atoms with Crippen LogP contribution in [0.5, 0.6) is 0 Å². The number of thiazole rings is 1. The number of hydrogen-bond acceptors (Lipinski definition) is 4. The van der Waals surface area contributed by atoms with Crippen LogP contribution in [0, 0.1) is 5.41 Å². The maximum atomic E-state index is 9.87. The highest BCUT2D eigenvalue weighted by Crippen LogP contribution is 2.35. The molecule has 0 aliphatic rings. The maximum absolute atomic E-state index is 9.87. The van der Waals surface area contributed by atoms with E-state index >= 15 is 0 Å². The predicted molar refractivity (Wildman–Crippen MR) is 54.9 cm³/mol. The molecule has 74 valence electrons. The summed E-state index contributed by atoms with van der Waals surface area (Å²) in [6.07, 6.45) is 0.896. The predicted octanol–water partition coefficient (Wildman–Crippen LogP) is 1.81. The summed E-state index contributed by atoms with van der Waals surface area (Å²) in [4.78, 5) is 4.01. The van der Waals surface area contributed by atoms with E-state index in [1.165, 1.54) is 17.5 Å². The summed E-state index contributed by atoms with van der Waals surface area (Å²) >= 11 is 7.00. The summed E-state index contributed by atoms with van der Waals surface area (Å²) < 4.78 is 0.585. The van der Waals surface area contributed by atoms with Gasteiger partial charge in [-0.15, -0.1) is 11.3 Å². The maximum Gasteiger partial charge on any atom is 0.123 e. The second-order valence-electron chi connectivity index (χ2n) is 3.60. The van der Waals surface area contributed by atoms with Crippen molar-refractivity contribution in [3.8, 4) is 0 Å². The van der Waals surface area contributed by atoms with Crippen molar-refractivity contribution in [1.82, 2.24) is 4.98 Å². The van der Waals surface area contributed by atoms with E-state index in [1.807, 2.05) is 13.8 Å². The molecule has 0 aliphatic carbocycles. The van der Waals surface area contributed by atoms with Gasteiger partial charge in [-0.1, -0.05) is 25.4 Å². The number of halogens is 1. The average molecular weight is 221 g/mol. The summed E-state index contributed by atoms with van der Waals surface area (Å²) in [6, 6.07) is 0. The summed E-state index contributed by atoms with van der Waals surface area (Å²) in [7, 11) is 0. The topological polar surface area (TPSA) is 59.1 Å². The van der Waals surface area contributed by atoms with Crippen molar-refractivity contribution in [3.05, 3.63) is 15.5 Å². The average Bonchev–Trinajstić information content (AvgIpc) is 2.50. The van der Waals surface area contributed by atoms with Crippen molar-refractivity contribution in [1.29, 1.82) is 0 Å². The van der Waals surface area contributed by atoms with Crippen LogP contribution >= 0.6 is 22.9 Å². The Morgan fingerprint density at radius 2 is 2.38 bits per heavy atom. The monoisotopic (exact) mass is 220 g/mol. The fraction of sp³-hybridized carbons (Fsp3) is 0.625. The summed E-state index contributed by atoms with van der Waals surface area (Å²) in [5.41, 5.74) is 5.18. The van der Waals surface area contributed by atoms with Crippen molar-refractivity contribution in [3.63, 3.8) is 0 Å². The largest absolute Gasteiger partial charge is 0.385 e. The van der Waals surface area contributed by atoms with Crippen LogP contribution in [0.15, 0.2) is 6.20 Å². The first kappa shape index (κ1) is 10.9. The molecule has 0 aliphatic heterocycles. The second kappa shape index (κ2) is 3.92. The van der Waals surface area contributed by atoms with Crippen LogP contribution in [0.3, 0.4) is 0 Å². The lowest BCUT2D eigenvalue weighted by atomic mass is 9.87. The summed E-state index contributed by atoms with van der Waals surface area (Å²) in [6.45, 7) is 4.20. The van der Waals surface area contributed by atoms with Crippen LogP contribution in [0.2, 0.25) is 4.34 Å². The molecule has 0 amide bonds. The minimum Gasteiger partial charge on any atom is -0.385 e. The molecule has 0 spiro atoms. The zero-order chi connectivity index (χ0) is 10.1. The van der Waals surface area contributed by atoms with Gasteiger partial charge in [0.15, 0.2) is 0 Å². The summed E-state index contributed by atoms with van der Waals surface area (Å²) in [5.74, 6) is 0. The zero-order valence-electron chi connectivity index (χ0n) is 7.62. The van der Waals surface area contributed by atoms with Gasteiger partial charge in [0.05, 0.1) is 6.20 Å². The fourth-order valence-electron chi connectivity index (χ4n) is 0.839. The zero-order valence-corrected chi connectivity index (χ0v) is 9.19. The van der Waals surface area contributed by atoms with Crippen LogP contribution in [0.25, 0.3) is 0 Å². The molecule has 13 heavy (non-hydrogen) atoms. The first-order chi connectivity index (χ1) is 5.97. The number of nitrogens with two attached hydrogens (primary N) is 1. The highest BCUT2D eigenvalue weighted by Gasteiger charge is 2.29. The van der Waals surface area contributed by atoms with E-state index < -0.39 is 6.10 Å². The van der Waals surface area contributed by atoms with Gasteiger partial charge in [0, 0.05) is 12.0 Å². The number of aromatic nitrogens is 1. The molecule has 0 saturated carbocycles. The van der Waals surface area contributed by atoms with Gasteiger partial charge in [0.2, 0.25) is 0 Å². The van der Waals surface area contributed by atoms with E-state index in [9.17, 15) is 5.11 Å². The Kier molecular flexibility index (Phi) is 3.29. The minimum absolute atomic E-state index is 0.360. The molecule has 3 N–H and O–H groups in total. The van der Waals surface area contributed by atoms with Gasteiger partial charge in [-0.05, 0) is 0 Å². The molecule has 1 rings (SSSR count). The Hall–Kier alpha value is -0.160. The van der Waals surface area contributed by atoms with E-state index in [4.69, 9.17) is 17.3 Å². The van der Waals surface area contributed by atoms with Gasteiger partial charge in [0.1, 0.15) is 15.4 Å². The van der Waals surface area contributed by atoms with Crippen LogP contribution < -0.4 is 5.73 Å². The number of aliphatic hydroxyl groups is 1. The molecule has 1 heterocycles. The molecule has 1 atom stereocenters. The van der Waals surface area contributed by atoms with E-state index in [2.05, 4.69) is 4.98 Å². The third-order valence-electron chi connectivity index (χ3n) is 2.00. The number of rotatable bonds is 3. The third kappa shape index (κ3) is 2.40. The third-order valence-corrected chi connectivity index (χ3v) is 3.16. The van der Waals surface area contributed by atoms with E-state index in [-0.39, 0.29) is 5.41 Å². The van der Waals surface area contributed by atoms with Gasteiger partial charge in [-0.3, -0.25) is 0 Å². The van der Waals surface area contributed by atoms with Gasteiger partial charge in [0.25, 0.3) is 0 Å². The Bertz CT molecular complexity index is 287. The second-order valence-corrected chi connectivity index (χ2v) is 5.29. The minimum atomic E-state index is -0.644. The Labute approximate surface area is 86.6 Å².